The van der Waals surface area contributed by atoms with Gasteiger partial charge < -0.3 is 9.88 Å². The van der Waals surface area contributed by atoms with Crippen molar-refractivity contribution in [1.29, 1.82) is 0 Å². The Bertz CT molecular complexity index is 793. The molecule has 0 aliphatic carbocycles. The molecule has 1 aliphatic heterocycles. The van der Waals surface area contributed by atoms with Crippen molar-refractivity contribution in [2.75, 3.05) is 13.1 Å². The summed E-state index contributed by atoms with van der Waals surface area (Å²) in [5.74, 6) is 0.248. The Morgan fingerprint density at radius 2 is 1.96 bits per heavy atom. The van der Waals surface area contributed by atoms with E-state index in [0.717, 1.165) is 5.69 Å². The minimum Gasteiger partial charge on any atom is -0.337 e. The fraction of sp³-hybridized carbons (Fsp3) is 0.400. The maximum Gasteiger partial charge on any atom is 0.254 e. The van der Waals surface area contributed by atoms with Gasteiger partial charge in [0.1, 0.15) is 0 Å². The number of aryl methyl sites for hydroxylation is 1. The molecule has 1 aromatic carbocycles. The molecule has 2 aromatic rings. The summed E-state index contributed by atoms with van der Waals surface area (Å²) in [6, 6.07) is 13.6. The number of aromatic nitrogens is 1. The number of carbonyl (C=O) groups is 1. The molecule has 0 spiro atoms. The number of benzene rings is 1. The second-order valence-electron chi connectivity index (χ2n) is 7.25. The summed E-state index contributed by atoms with van der Waals surface area (Å²) >= 11 is 0. The molecule has 126 valence electrons. The zero-order valence-electron chi connectivity index (χ0n) is 14.5. The van der Waals surface area contributed by atoms with E-state index in [4.69, 9.17) is 0 Å². The van der Waals surface area contributed by atoms with Crippen LogP contribution in [0.5, 0.6) is 0 Å². The van der Waals surface area contributed by atoms with Crippen LogP contribution in [0.15, 0.2) is 47.3 Å². The van der Waals surface area contributed by atoms with Gasteiger partial charge in [0.25, 0.3) is 5.91 Å². The van der Waals surface area contributed by atoms with Crippen LogP contribution in [0.3, 0.4) is 0 Å². The van der Waals surface area contributed by atoms with E-state index in [2.05, 4.69) is 31.0 Å². The first-order chi connectivity index (χ1) is 11.4. The van der Waals surface area contributed by atoms with Crippen LogP contribution in [0.4, 0.5) is 0 Å². The van der Waals surface area contributed by atoms with Crippen LogP contribution in [0.25, 0.3) is 0 Å². The predicted molar refractivity (Wildman–Crippen MR) is 95.3 cm³/mol. The average molecular weight is 324 g/mol. The smallest absolute Gasteiger partial charge is 0.254 e. The number of aromatic amines is 1. The normalized spacial score (nSPS) is 19.5. The summed E-state index contributed by atoms with van der Waals surface area (Å²) in [4.78, 5) is 29.3. The molecule has 1 aromatic heterocycles. The Balaban J connectivity index is 1.87. The standard InChI is InChI=1S/C20H24N2O2/c1-4-16-10-15(11-18(23)21-16)19(24)22-12-17(20(2,3)13-22)14-8-6-5-7-9-14/h5-11,17H,4,12-13H2,1-3H3,(H,21,23). The Labute approximate surface area is 142 Å². The highest BCUT2D eigenvalue weighted by Crippen LogP contribution is 2.42. The summed E-state index contributed by atoms with van der Waals surface area (Å²) < 4.78 is 0. The van der Waals surface area contributed by atoms with Crippen LogP contribution < -0.4 is 5.56 Å². The van der Waals surface area contributed by atoms with Gasteiger partial charge in [0.2, 0.25) is 5.56 Å². The fourth-order valence-corrected chi connectivity index (χ4v) is 3.63. The van der Waals surface area contributed by atoms with Crippen molar-refractivity contribution in [3.63, 3.8) is 0 Å². The summed E-state index contributed by atoms with van der Waals surface area (Å²) in [7, 11) is 0. The molecule has 1 N–H and O–H groups in total. The average Bonchev–Trinajstić information content (AvgIpc) is 2.89. The lowest BCUT2D eigenvalue weighted by atomic mass is 9.78. The summed E-state index contributed by atoms with van der Waals surface area (Å²) in [6.07, 6.45) is 0.703. The molecule has 1 atom stereocenters. The molecular formula is C20H24N2O2. The number of nitrogens with one attached hydrogen (secondary N) is 1. The van der Waals surface area contributed by atoms with Crippen molar-refractivity contribution in [1.82, 2.24) is 9.88 Å². The van der Waals surface area contributed by atoms with Crippen LogP contribution in [0.1, 0.15) is 48.3 Å². The van der Waals surface area contributed by atoms with E-state index >= 15 is 0 Å². The molecular weight excluding hydrogens is 300 g/mol. The van der Waals surface area contributed by atoms with Gasteiger partial charge in [-0.2, -0.15) is 0 Å². The lowest BCUT2D eigenvalue weighted by Gasteiger charge is -2.25. The zero-order valence-corrected chi connectivity index (χ0v) is 14.5. The quantitative estimate of drug-likeness (QED) is 0.942. The molecule has 3 rings (SSSR count). The minimum absolute atomic E-state index is 0.00575. The predicted octanol–water partition coefficient (Wildman–Crippen LogP) is 3.20. The van der Waals surface area contributed by atoms with Crippen molar-refractivity contribution in [3.8, 4) is 0 Å². The fourth-order valence-electron chi connectivity index (χ4n) is 3.63. The van der Waals surface area contributed by atoms with E-state index in [1.165, 1.54) is 11.6 Å². The third-order valence-electron chi connectivity index (χ3n) is 4.96. The third kappa shape index (κ3) is 3.14. The van der Waals surface area contributed by atoms with Gasteiger partial charge >= 0.3 is 0 Å². The van der Waals surface area contributed by atoms with E-state index in [9.17, 15) is 9.59 Å². The Hall–Kier alpha value is -2.36. The van der Waals surface area contributed by atoms with Crippen molar-refractivity contribution in [2.24, 2.45) is 5.41 Å². The Morgan fingerprint density at radius 3 is 2.62 bits per heavy atom. The number of carbonyl (C=O) groups excluding carboxylic acids is 1. The molecule has 1 aliphatic rings. The first kappa shape index (κ1) is 16.5. The summed E-state index contributed by atoms with van der Waals surface area (Å²) in [5, 5.41) is 0. The SMILES string of the molecule is CCc1cc(C(=O)N2CC(c3ccccc3)C(C)(C)C2)cc(=O)[nH]1. The monoisotopic (exact) mass is 324 g/mol. The molecule has 0 radical (unpaired) electrons. The van der Waals surface area contributed by atoms with E-state index in [1.807, 2.05) is 30.0 Å². The van der Waals surface area contributed by atoms with Crippen LogP contribution in [-0.2, 0) is 6.42 Å². The zero-order chi connectivity index (χ0) is 17.3. The van der Waals surface area contributed by atoms with E-state index in [0.29, 0.717) is 31.0 Å². The first-order valence-electron chi connectivity index (χ1n) is 8.48. The van der Waals surface area contributed by atoms with Gasteiger partial charge in [-0.25, -0.2) is 0 Å². The lowest BCUT2D eigenvalue weighted by Crippen LogP contribution is -2.31. The van der Waals surface area contributed by atoms with Gasteiger partial charge in [-0.3, -0.25) is 9.59 Å². The number of H-pyrrole nitrogens is 1. The molecule has 1 saturated heterocycles. The van der Waals surface area contributed by atoms with Gasteiger partial charge in [0.05, 0.1) is 0 Å². The minimum atomic E-state index is -0.212. The number of hydrogen-bond acceptors (Lipinski definition) is 2. The van der Waals surface area contributed by atoms with Crippen LogP contribution in [-0.4, -0.2) is 28.9 Å². The van der Waals surface area contributed by atoms with Gasteiger partial charge in [0.15, 0.2) is 0 Å². The molecule has 4 nitrogen and oxygen atoms in total. The molecule has 1 unspecified atom stereocenters. The molecule has 24 heavy (non-hydrogen) atoms. The molecule has 0 bridgehead atoms. The van der Waals surface area contributed by atoms with Gasteiger partial charge in [-0.1, -0.05) is 51.1 Å². The number of likely N-dealkylation sites (tertiary alicyclic amines) is 1. The van der Waals surface area contributed by atoms with Gasteiger partial charge in [0, 0.05) is 36.3 Å². The number of amides is 1. The topological polar surface area (TPSA) is 53.2 Å². The third-order valence-corrected chi connectivity index (χ3v) is 4.96. The second-order valence-corrected chi connectivity index (χ2v) is 7.25. The largest absolute Gasteiger partial charge is 0.337 e. The van der Waals surface area contributed by atoms with Gasteiger partial charge in [-0.05, 0) is 23.5 Å². The van der Waals surface area contributed by atoms with Crippen molar-refractivity contribution in [3.05, 3.63) is 69.6 Å². The van der Waals surface area contributed by atoms with E-state index in [-0.39, 0.29) is 16.9 Å². The van der Waals surface area contributed by atoms with E-state index in [1.54, 1.807) is 6.07 Å². The number of pyridine rings is 1. The number of nitrogens with zero attached hydrogens (tertiary/aromatic N) is 1. The maximum absolute atomic E-state index is 12.9. The highest BCUT2D eigenvalue weighted by Gasteiger charge is 2.42. The second kappa shape index (κ2) is 6.27. The Morgan fingerprint density at radius 1 is 1.25 bits per heavy atom. The van der Waals surface area contributed by atoms with Crippen molar-refractivity contribution in [2.45, 2.75) is 33.1 Å². The van der Waals surface area contributed by atoms with Crippen LogP contribution in [0, 0.1) is 5.41 Å². The summed E-state index contributed by atoms with van der Waals surface area (Å²) in [5.41, 5.74) is 2.34. The van der Waals surface area contributed by atoms with Crippen molar-refractivity contribution < 1.29 is 4.79 Å². The van der Waals surface area contributed by atoms with E-state index < -0.39 is 0 Å². The van der Waals surface area contributed by atoms with Crippen LogP contribution in [0.2, 0.25) is 0 Å². The lowest BCUT2D eigenvalue weighted by molar-refractivity contribution is 0.0777. The molecule has 0 saturated carbocycles. The molecule has 1 amide bonds. The van der Waals surface area contributed by atoms with Crippen molar-refractivity contribution >= 4 is 5.91 Å². The highest BCUT2D eigenvalue weighted by atomic mass is 16.2. The summed E-state index contributed by atoms with van der Waals surface area (Å²) in [6.45, 7) is 7.74. The molecule has 1 fully saturated rings. The first-order valence-corrected chi connectivity index (χ1v) is 8.48. The maximum atomic E-state index is 12.9. The number of hydrogen-bond donors (Lipinski definition) is 1. The molecule has 2 heterocycles. The number of rotatable bonds is 3. The Kier molecular flexibility index (Phi) is 4.31. The highest BCUT2D eigenvalue weighted by molar-refractivity contribution is 5.94. The molecule has 4 heteroatoms. The van der Waals surface area contributed by atoms with Gasteiger partial charge in [-0.15, -0.1) is 0 Å². The van der Waals surface area contributed by atoms with Crippen LogP contribution >= 0.6 is 0 Å².